The molecule has 0 radical (unpaired) electrons. The Morgan fingerprint density at radius 3 is 2.77 bits per heavy atom. The molecule has 2 aliphatic heterocycles. The van der Waals surface area contributed by atoms with Gasteiger partial charge in [-0.15, -0.1) is 0 Å². The lowest BCUT2D eigenvalue weighted by Gasteiger charge is -2.32. The molecule has 5 heteroatoms. The lowest BCUT2D eigenvalue weighted by Crippen LogP contribution is -2.33. The standard InChI is InChI=1S/C21H29N3O2/c1-4-25-20-12-17-11-15(2)26-21(17)13-18(20)14-24-9-6-16(7-10-24)19-5-8-22-23(19)3/h5,8,12-13,15-16H,4,6-7,9-11,14H2,1-3H3/t15-/m0/s1. The SMILES string of the molecule is CCOc1cc2c(cc1CN1CCC(c3ccnn3C)CC1)O[C@@H](C)C2. The highest BCUT2D eigenvalue weighted by Gasteiger charge is 2.25. The van der Waals surface area contributed by atoms with Crippen LogP contribution in [-0.2, 0) is 20.0 Å². The summed E-state index contributed by atoms with van der Waals surface area (Å²) in [4.78, 5) is 2.54. The molecule has 0 amide bonds. The van der Waals surface area contributed by atoms with E-state index in [1.54, 1.807) is 0 Å². The van der Waals surface area contributed by atoms with E-state index in [1.165, 1.54) is 29.7 Å². The van der Waals surface area contributed by atoms with Crippen molar-refractivity contribution in [1.82, 2.24) is 14.7 Å². The summed E-state index contributed by atoms with van der Waals surface area (Å²) < 4.78 is 13.9. The molecule has 1 aromatic carbocycles. The van der Waals surface area contributed by atoms with Crippen LogP contribution in [0, 0.1) is 0 Å². The van der Waals surface area contributed by atoms with E-state index in [1.807, 2.05) is 17.9 Å². The van der Waals surface area contributed by atoms with E-state index in [4.69, 9.17) is 9.47 Å². The Balaban J connectivity index is 1.45. The van der Waals surface area contributed by atoms with Gasteiger partial charge in [0.2, 0.25) is 0 Å². The summed E-state index contributed by atoms with van der Waals surface area (Å²) in [6.07, 6.45) is 5.52. The van der Waals surface area contributed by atoms with Crippen molar-refractivity contribution in [2.24, 2.45) is 7.05 Å². The first-order chi connectivity index (χ1) is 12.6. The number of aromatic nitrogens is 2. The number of fused-ring (bicyclic) bond motifs is 1. The van der Waals surface area contributed by atoms with Crippen LogP contribution >= 0.6 is 0 Å². The minimum atomic E-state index is 0.268. The summed E-state index contributed by atoms with van der Waals surface area (Å²) in [5.74, 6) is 2.69. The minimum absolute atomic E-state index is 0.268. The van der Waals surface area contributed by atoms with Crippen molar-refractivity contribution in [2.45, 2.75) is 51.7 Å². The molecular formula is C21H29N3O2. The molecule has 2 aliphatic rings. The molecule has 4 rings (SSSR count). The summed E-state index contributed by atoms with van der Waals surface area (Å²) >= 11 is 0. The maximum atomic E-state index is 5.97. The van der Waals surface area contributed by atoms with Crippen LogP contribution in [0.25, 0.3) is 0 Å². The van der Waals surface area contributed by atoms with Crippen molar-refractivity contribution in [3.63, 3.8) is 0 Å². The van der Waals surface area contributed by atoms with E-state index in [0.29, 0.717) is 12.5 Å². The molecule has 0 aliphatic carbocycles. The van der Waals surface area contributed by atoms with Gasteiger partial charge in [0.25, 0.3) is 0 Å². The van der Waals surface area contributed by atoms with Crippen molar-refractivity contribution in [3.8, 4) is 11.5 Å². The van der Waals surface area contributed by atoms with Gasteiger partial charge in [0.15, 0.2) is 0 Å². The number of hydrogen-bond donors (Lipinski definition) is 0. The van der Waals surface area contributed by atoms with E-state index in [9.17, 15) is 0 Å². The molecule has 1 saturated heterocycles. The fourth-order valence-corrected chi connectivity index (χ4v) is 4.31. The third-order valence-electron chi connectivity index (χ3n) is 5.64. The van der Waals surface area contributed by atoms with E-state index in [2.05, 4.69) is 42.0 Å². The first-order valence-corrected chi connectivity index (χ1v) is 9.79. The fraction of sp³-hybridized carbons (Fsp3) is 0.571. The molecule has 1 fully saturated rings. The highest BCUT2D eigenvalue weighted by molar-refractivity contribution is 5.48. The lowest BCUT2D eigenvalue weighted by atomic mass is 9.93. The van der Waals surface area contributed by atoms with E-state index in [0.717, 1.165) is 37.6 Å². The van der Waals surface area contributed by atoms with E-state index in [-0.39, 0.29) is 6.10 Å². The van der Waals surface area contributed by atoms with Crippen LogP contribution in [0.2, 0.25) is 0 Å². The summed E-state index contributed by atoms with van der Waals surface area (Å²) in [7, 11) is 2.04. The van der Waals surface area contributed by atoms with Crippen LogP contribution in [0.4, 0.5) is 0 Å². The molecule has 0 spiro atoms. The van der Waals surface area contributed by atoms with Gasteiger partial charge in [-0.3, -0.25) is 9.58 Å². The Bertz CT molecular complexity index is 763. The second-order valence-corrected chi connectivity index (χ2v) is 7.56. The van der Waals surface area contributed by atoms with Crippen LogP contribution in [0.15, 0.2) is 24.4 Å². The Hall–Kier alpha value is -2.01. The summed E-state index contributed by atoms with van der Waals surface area (Å²) in [5.41, 5.74) is 3.89. The van der Waals surface area contributed by atoms with Gasteiger partial charge in [0.1, 0.15) is 17.6 Å². The predicted molar refractivity (Wildman–Crippen MR) is 102 cm³/mol. The molecule has 1 aromatic heterocycles. The quantitative estimate of drug-likeness (QED) is 0.823. The van der Waals surface area contributed by atoms with Gasteiger partial charge in [-0.2, -0.15) is 5.10 Å². The molecule has 0 bridgehead atoms. The van der Waals surface area contributed by atoms with Gasteiger partial charge < -0.3 is 9.47 Å². The van der Waals surface area contributed by atoms with Gasteiger partial charge in [-0.05, 0) is 58.0 Å². The zero-order chi connectivity index (χ0) is 18.1. The van der Waals surface area contributed by atoms with Crippen molar-refractivity contribution in [2.75, 3.05) is 19.7 Å². The Labute approximate surface area is 155 Å². The number of piperidine rings is 1. The summed E-state index contributed by atoms with van der Waals surface area (Å²) in [5, 5.41) is 4.32. The highest BCUT2D eigenvalue weighted by Crippen LogP contribution is 2.36. The Morgan fingerprint density at radius 1 is 1.27 bits per heavy atom. The second kappa shape index (κ2) is 7.31. The number of rotatable bonds is 5. The molecule has 26 heavy (non-hydrogen) atoms. The number of nitrogens with zero attached hydrogens (tertiary/aromatic N) is 3. The van der Waals surface area contributed by atoms with Crippen molar-refractivity contribution in [3.05, 3.63) is 41.2 Å². The Morgan fingerprint density at radius 2 is 2.08 bits per heavy atom. The molecule has 1 atom stereocenters. The average Bonchev–Trinajstić information content (AvgIpc) is 3.20. The van der Waals surface area contributed by atoms with Crippen LogP contribution in [0.3, 0.4) is 0 Å². The van der Waals surface area contributed by atoms with Crippen LogP contribution in [0.5, 0.6) is 11.5 Å². The summed E-state index contributed by atoms with van der Waals surface area (Å²) in [6, 6.07) is 6.56. The first kappa shape index (κ1) is 17.4. The van der Waals surface area contributed by atoms with Gasteiger partial charge in [-0.1, -0.05) is 0 Å². The maximum Gasteiger partial charge on any atom is 0.124 e. The van der Waals surface area contributed by atoms with Gasteiger partial charge in [-0.25, -0.2) is 0 Å². The van der Waals surface area contributed by atoms with Gasteiger partial charge in [0.05, 0.1) is 6.61 Å². The predicted octanol–water partition coefficient (Wildman–Crippen LogP) is 3.52. The molecule has 0 N–H and O–H groups in total. The average molecular weight is 355 g/mol. The number of benzene rings is 1. The molecule has 5 nitrogen and oxygen atoms in total. The third-order valence-corrected chi connectivity index (χ3v) is 5.64. The topological polar surface area (TPSA) is 39.5 Å². The number of aryl methyl sites for hydroxylation is 1. The smallest absolute Gasteiger partial charge is 0.124 e. The maximum absolute atomic E-state index is 5.97. The molecular weight excluding hydrogens is 326 g/mol. The normalized spacial score (nSPS) is 20.8. The van der Waals surface area contributed by atoms with Crippen LogP contribution in [-0.4, -0.2) is 40.5 Å². The monoisotopic (exact) mass is 355 g/mol. The van der Waals surface area contributed by atoms with Crippen molar-refractivity contribution < 1.29 is 9.47 Å². The Kier molecular flexibility index (Phi) is 4.90. The minimum Gasteiger partial charge on any atom is -0.494 e. The fourth-order valence-electron chi connectivity index (χ4n) is 4.31. The van der Waals surface area contributed by atoms with Gasteiger partial charge >= 0.3 is 0 Å². The van der Waals surface area contributed by atoms with Crippen molar-refractivity contribution in [1.29, 1.82) is 0 Å². The molecule has 0 unspecified atom stereocenters. The third kappa shape index (κ3) is 3.45. The number of hydrogen-bond acceptors (Lipinski definition) is 4. The second-order valence-electron chi connectivity index (χ2n) is 7.56. The molecule has 0 saturated carbocycles. The summed E-state index contributed by atoms with van der Waals surface area (Å²) in [6.45, 7) is 8.02. The van der Waals surface area contributed by atoms with Gasteiger partial charge in [0, 0.05) is 48.9 Å². The largest absolute Gasteiger partial charge is 0.494 e. The molecule has 2 aromatic rings. The van der Waals surface area contributed by atoms with Crippen molar-refractivity contribution >= 4 is 0 Å². The van der Waals surface area contributed by atoms with Crippen LogP contribution < -0.4 is 9.47 Å². The molecule has 3 heterocycles. The number of ether oxygens (including phenoxy) is 2. The first-order valence-electron chi connectivity index (χ1n) is 9.79. The highest BCUT2D eigenvalue weighted by atomic mass is 16.5. The molecule has 140 valence electrons. The zero-order valence-corrected chi connectivity index (χ0v) is 16.1. The lowest BCUT2D eigenvalue weighted by molar-refractivity contribution is 0.198. The van der Waals surface area contributed by atoms with Crippen LogP contribution in [0.1, 0.15) is 49.4 Å². The zero-order valence-electron chi connectivity index (χ0n) is 16.1. The van der Waals surface area contributed by atoms with E-state index >= 15 is 0 Å². The number of likely N-dealkylation sites (tertiary alicyclic amines) is 1. The van der Waals surface area contributed by atoms with E-state index < -0.39 is 0 Å².